The van der Waals surface area contributed by atoms with E-state index in [2.05, 4.69) is 16.4 Å². The van der Waals surface area contributed by atoms with Crippen LogP contribution in [0.5, 0.6) is 0 Å². The van der Waals surface area contributed by atoms with Gasteiger partial charge in [-0.2, -0.15) is 5.26 Å². The summed E-state index contributed by atoms with van der Waals surface area (Å²) in [6, 6.07) is 9.64. The molecule has 39 heavy (non-hydrogen) atoms. The fraction of sp³-hybridized carbons (Fsp3) is 0.448. The average Bonchev–Trinajstić information content (AvgIpc) is 3.50. The van der Waals surface area contributed by atoms with Crippen molar-refractivity contribution in [3.05, 3.63) is 47.2 Å². The Morgan fingerprint density at radius 2 is 1.87 bits per heavy atom. The third-order valence-electron chi connectivity index (χ3n) is 7.63. The fourth-order valence-corrected chi connectivity index (χ4v) is 6.68. The van der Waals surface area contributed by atoms with E-state index in [4.69, 9.17) is 0 Å². The molecule has 9 nitrogen and oxygen atoms in total. The van der Waals surface area contributed by atoms with E-state index in [1.54, 1.807) is 29.2 Å². The van der Waals surface area contributed by atoms with Crippen LogP contribution in [0.2, 0.25) is 0 Å². The summed E-state index contributed by atoms with van der Waals surface area (Å²) in [7, 11) is 0. The monoisotopic (exact) mass is 545 g/mol. The van der Waals surface area contributed by atoms with Crippen molar-refractivity contribution in [1.29, 1.82) is 5.26 Å². The van der Waals surface area contributed by atoms with E-state index in [0.29, 0.717) is 22.0 Å². The van der Waals surface area contributed by atoms with Crippen LogP contribution < -0.4 is 10.2 Å². The standard InChI is InChI=1S/C29H31N5O4S/c1-18(35)31-21-10-12-23(13-11-21)34-26(36)15-25(29(34)38)33(22-7-3-2-4-8-22)27(37)17-39-28-20(16-30)14-19-6-5-9-24(19)32-28/h10-14,22,25H,2-9,15,17H2,1H3,(H,31,35). The number of rotatable bonds is 7. The van der Waals surface area contributed by atoms with E-state index in [0.717, 1.165) is 67.5 Å². The number of imide groups is 1. The van der Waals surface area contributed by atoms with E-state index in [-0.39, 0.29) is 35.9 Å². The van der Waals surface area contributed by atoms with Gasteiger partial charge in [-0.3, -0.25) is 19.2 Å². The van der Waals surface area contributed by atoms with Gasteiger partial charge in [-0.25, -0.2) is 9.88 Å². The Morgan fingerprint density at radius 1 is 1.13 bits per heavy atom. The van der Waals surface area contributed by atoms with Crippen molar-refractivity contribution >= 4 is 46.8 Å². The molecule has 10 heteroatoms. The largest absolute Gasteiger partial charge is 0.326 e. The number of amides is 4. The van der Waals surface area contributed by atoms with Gasteiger partial charge in [0.2, 0.25) is 17.7 Å². The van der Waals surface area contributed by atoms with Gasteiger partial charge < -0.3 is 10.2 Å². The highest BCUT2D eigenvalue weighted by atomic mass is 32.2. The van der Waals surface area contributed by atoms with Gasteiger partial charge in [0.05, 0.1) is 23.4 Å². The van der Waals surface area contributed by atoms with Crippen LogP contribution in [0.3, 0.4) is 0 Å². The topological polar surface area (TPSA) is 123 Å². The molecular weight excluding hydrogens is 514 g/mol. The van der Waals surface area contributed by atoms with Gasteiger partial charge in [0.1, 0.15) is 17.1 Å². The molecule has 2 aliphatic carbocycles. The lowest BCUT2D eigenvalue weighted by molar-refractivity contribution is -0.139. The lowest BCUT2D eigenvalue weighted by Gasteiger charge is -2.37. The first-order valence-electron chi connectivity index (χ1n) is 13.5. The van der Waals surface area contributed by atoms with Gasteiger partial charge in [-0.1, -0.05) is 31.0 Å². The first-order chi connectivity index (χ1) is 18.9. The molecule has 1 aromatic heterocycles. The van der Waals surface area contributed by atoms with Gasteiger partial charge in [0.15, 0.2) is 0 Å². The van der Waals surface area contributed by atoms with Gasteiger partial charge in [-0.05, 0) is 68.0 Å². The van der Waals surface area contributed by atoms with Crippen LogP contribution in [0.4, 0.5) is 11.4 Å². The third-order valence-corrected chi connectivity index (χ3v) is 8.61. The molecule has 1 unspecified atom stereocenters. The number of aryl methyl sites for hydroxylation is 2. The highest BCUT2D eigenvalue weighted by molar-refractivity contribution is 8.00. The molecule has 1 aliphatic heterocycles. The van der Waals surface area contributed by atoms with E-state index >= 15 is 0 Å². The van der Waals surface area contributed by atoms with E-state index < -0.39 is 11.9 Å². The molecule has 2 fully saturated rings. The maximum Gasteiger partial charge on any atom is 0.257 e. The van der Waals surface area contributed by atoms with Crippen LogP contribution in [0.1, 0.15) is 68.7 Å². The second-order valence-corrected chi connectivity index (χ2v) is 11.3. The van der Waals surface area contributed by atoms with Crippen LogP contribution >= 0.6 is 11.8 Å². The average molecular weight is 546 g/mol. The van der Waals surface area contributed by atoms with E-state index in [9.17, 15) is 24.4 Å². The molecule has 1 saturated carbocycles. The second-order valence-electron chi connectivity index (χ2n) is 10.3. The summed E-state index contributed by atoms with van der Waals surface area (Å²) in [5.41, 5.74) is 3.54. The molecule has 1 aromatic carbocycles. The Balaban J connectivity index is 1.36. The highest BCUT2D eigenvalue weighted by Gasteiger charge is 2.46. The van der Waals surface area contributed by atoms with Crippen molar-refractivity contribution in [3.8, 4) is 6.07 Å². The molecule has 1 saturated heterocycles. The number of nitrogens with zero attached hydrogens (tertiary/aromatic N) is 4. The molecule has 4 amide bonds. The lowest BCUT2D eigenvalue weighted by atomic mass is 9.92. The Labute approximate surface area is 231 Å². The van der Waals surface area contributed by atoms with Gasteiger partial charge >= 0.3 is 0 Å². The van der Waals surface area contributed by atoms with E-state index in [1.807, 2.05) is 6.07 Å². The number of carbonyl (C=O) groups excluding carboxylic acids is 4. The predicted octanol–water partition coefficient (Wildman–Crippen LogP) is 3.99. The van der Waals surface area contributed by atoms with Crippen molar-refractivity contribution in [1.82, 2.24) is 9.88 Å². The first kappa shape index (κ1) is 26.9. The van der Waals surface area contributed by atoms with Crippen LogP contribution in [0.15, 0.2) is 35.4 Å². The zero-order chi connectivity index (χ0) is 27.5. The number of fused-ring (bicyclic) bond motifs is 1. The summed E-state index contributed by atoms with van der Waals surface area (Å²) in [6.07, 6.45) is 7.34. The summed E-state index contributed by atoms with van der Waals surface area (Å²) in [6.45, 7) is 1.41. The van der Waals surface area contributed by atoms with Crippen LogP contribution in [0.25, 0.3) is 0 Å². The van der Waals surface area contributed by atoms with Crippen molar-refractivity contribution in [3.63, 3.8) is 0 Å². The van der Waals surface area contributed by atoms with Crippen molar-refractivity contribution in [2.75, 3.05) is 16.0 Å². The normalized spacial score (nSPS) is 19.1. The molecule has 0 radical (unpaired) electrons. The molecule has 3 aliphatic rings. The Morgan fingerprint density at radius 3 is 2.56 bits per heavy atom. The summed E-state index contributed by atoms with van der Waals surface area (Å²) < 4.78 is 0. The molecule has 202 valence electrons. The number of carbonyl (C=O) groups is 4. The third kappa shape index (κ3) is 5.69. The van der Waals surface area contributed by atoms with E-state index in [1.165, 1.54) is 18.7 Å². The minimum Gasteiger partial charge on any atom is -0.326 e. The molecule has 0 spiro atoms. The predicted molar refractivity (Wildman–Crippen MR) is 147 cm³/mol. The number of pyridine rings is 1. The molecule has 1 N–H and O–H groups in total. The molecule has 5 rings (SSSR count). The Kier molecular flexibility index (Phi) is 7.98. The Hall–Kier alpha value is -3.71. The van der Waals surface area contributed by atoms with Gasteiger partial charge in [0.25, 0.3) is 5.91 Å². The second kappa shape index (κ2) is 11.6. The summed E-state index contributed by atoms with van der Waals surface area (Å²) in [5, 5.41) is 12.9. The SMILES string of the molecule is CC(=O)Nc1ccc(N2C(=O)CC(N(C(=O)CSc3nc4c(cc3C#N)CCC4)C3CCCCC3)C2=O)cc1. The van der Waals surface area contributed by atoms with Crippen LogP contribution in [0, 0.1) is 11.3 Å². The van der Waals surface area contributed by atoms with Crippen molar-refractivity contribution in [2.24, 2.45) is 0 Å². The Bertz CT molecular complexity index is 1350. The van der Waals surface area contributed by atoms with Crippen molar-refractivity contribution in [2.45, 2.75) is 81.8 Å². The molecule has 0 bridgehead atoms. The summed E-state index contributed by atoms with van der Waals surface area (Å²) in [5.74, 6) is -1.16. The summed E-state index contributed by atoms with van der Waals surface area (Å²) >= 11 is 1.23. The number of hydrogen-bond acceptors (Lipinski definition) is 7. The van der Waals surface area contributed by atoms with Crippen LogP contribution in [-0.4, -0.2) is 51.3 Å². The maximum absolute atomic E-state index is 13.8. The molecule has 1 atom stereocenters. The molecule has 2 aromatic rings. The number of hydrogen-bond donors (Lipinski definition) is 1. The van der Waals surface area contributed by atoms with Gasteiger partial charge in [-0.15, -0.1) is 0 Å². The number of aromatic nitrogens is 1. The maximum atomic E-state index is 13.8. The minimum absolute atomic E-state index is 0.0420. The lowest BCUT2D eigenvalue weighted by Crippen LogP contribution is -2.52. The van der Waals surface area contributed by atoms with Crippen LogP contribution in [-0.2, 0) is 32.0 Å². The van der Waals surface area contributed by atoms with Gasteiger partial charge in [0, 0.05) is 24.3 Å². The number of nitrogens with one attached hydrogen (secondary N) is 1. The summed E-state index contributed by atoms with van der Waals surface area (Å²) in [4.78, 5) is 59.3. The zero-order valence-electron chi connectivity index (χ0n) is 21.9. The zero-order valence-corrected chi connectivity index (χ0v) is 22.8. The number of nitriles is 1. The number of benzene rings is 1. The smallest absolute Gasteiger partial charge is 0.257 e. The number of anilines is 2. The fourth-order valence-electron chi connectivity index (χ4n) is 5.84. The quantitative estimate of drug-likeness (QED) is 0.412. The van der Waals surface area contributed by atoms with Crippen molar-refractivity contribution < 1.29 is 19.2 Å². The molecular formula is C29H31N5O4S. The number of thioether (sulfide) groups is 1. The minimum atomic E-state index is -0.868. The highest BCUT2D eigenvalue weighted by Crippen LogP contribution is 2.33. The first-order valence-corrected chi connectivity index (χ1v) is 14.5. The molecule has 2 heterocycles.